The zero-order chi connectivity index (χ0) is 20.8. The molecule has 154 valence electrons. The van der Waals surface area contributed by atoms with E-state index in [1.165, 1.54) is 5.56 Å². The number of aliphatic hydroxyl groups is 1. The van der Waals surface area contributed by atoms with Gasteiger partial charge in [-0.2, -0.15) is 0 Å². The van der Waals surface area contributed by atoms with Crippen LogP contribution in [0.4, 0.5) is 5.69 Å². The number of hydrogen-bond acceptors (Lipinski definition) is 4. The van der Waals surface area contributed by atoms with Crippen LogP contribution in [0, 0.1) is 3.57 Å². The summed E-state index contributed by atoms with van der Waals surface area (Å²) in [4.78, 5) is 4.78. The first kappa shape index (κ1) is 20.9. The first-order valence-electron chi connectivity index (χ1n) is 10.3. The van der Waals surface area contributed by atoms with E-state index in [2.05, 4.69) is 76.4 Å². The summed E-state index contributed by atoms with van der Waals surface area (Å²) in [5.74, 6) is 0.920. The Kier molecular flexibility index (Phi) is 7.02. The highest BCUT2D eigenvalue weighted by atomic mass is 127. The van der Waals surface area contributed by atoms with Crippen LogP contribution >= 0.6 is 22.6 Å². The van der Waals surface area contributed by atoms with E-state index in [1.54, 1.807) is 0 Å². The maximum Gasteiger partial charge on any atom is 0.132 e. The second kappa shape index (κ2) is 10.1. The maximum atomic E-state index is 8.98. The number of aromatic nitrogens is 1. The summed E-state index contributed by atoms with van der Waals surface area (Å²) in [6, 6.07) is 22.8. The van der Waals surface area contributed by atoms with Crippen LogP contribution in [0.5, 0.6) is 5.75 Å². The van der Waals surface area contributed by atoms with Crippen LogP contribution in [0.1, 0.15) is 18.4 Å². The smallest absolute Gasteiger partial charge is 0.132 e. The number of nitrogens with one attached hydrogen (secondary N) is 1. The van der Waals surface area contributed by atoms with Crippen molar-refractivity contribution >= 4 is 50.1 Å². The Morgan fingerprint density at radius 1 is 0.900 bits per heavy atom. The summed E-state index contributed by atoms with van der Waals surface area (Å²) >= 11 is 2.32. The molecule has 0 saturated carbocycles. The van der Waals surface area contributed by atoms with Crippen molar-refractivity contribution < 1.29 is 9.84 Å². The number of ether oxygens (including phenoxy) is 1. The summed E-state index contributed by atoms with van der Waals surface area (Å²) < 4.78 is 7.11. The molecule has 0 aliphatic carbocycles. The van der Waals surface area contributed by atoms with Crippen LogP contribution in [0.3, 0.4) is 0 Å². The minimum Gasteiger partial charge on any atom is -0.492 e. The van der Waals surface area contributed by atoms with Crippen molar-refractivity contribution in [1.29, 1.82) is 0 Å². The average molecular weight is 512 g/mol. The molecule has 4 rings (SSSR count). The van der Waals surface area contributed by atoms with Gasteiger partial charge in [0.15, 0.2) is 0 Å². The first-order chi connectivity index (χ1) is 14.8. The molecule has 4 nitrogen and oxygen atoms in total. The Bertz CT molecular complexity index is 1090. The average Bonchev–Trinajstić information content (AvgIpc) is 2.78. The predicted octanol–water partition coefficient (Wildman–Crippen LogP) is 5.80. The summed E-state index contributed by atoms with van der Waals surface area (Å²) in [6.07, 6.45) is 2.58. The van der Waals surface area contributed by atoms with Gasteiger partial charge >= 0.3 is 0 Å². The minimum atomic E-state index is 0.226. The van der Waals surface area contributed by atoms with Gasteiger partial charge in [-0.1, -0.05) is 42.5 Å². The number of aryl methyl sites for hydroxylation is 1. The van der Waals surface area contributed by atoms with Crippen molar-refractivity contribution in [3.63, 3.8) is 0 Å². The Morgan fingerprint density at radius 2 is 1.60 bits per heavy atom. The topological polar surface area (TPSA) is 54.4 Å². The van der Waals surface area contributed by atoms with Crippen molar-refractivity contribution in [2.24, 2.45) is 0 Å². The molecule has 0 saturated heterocycles. The number of fused-ring (bicyclic) bond motifs is 2. The van der Waals surface area contributed by atoms with Gasteiger partial charge in [-0.15, -0.1) is 0 Å². The molecule has 0 aliphatic heterocycles. The van der Waals surface area contributed by atoms with Gasteiger partial charge in [0.05, 0.1) is 26.9 Å². The number of rotatable bonds is 9. The summed E-state index contributed by atoms with van der Waals surface area (Å²) in [6.45, 7) is 1.70. The fourth-order valence-corrected chi connectivity index (χ4v) is 4.33. The highest BCUT2D eigenvalue weighted by molar-refractivity contribution is 14.1. The molecule has 3 aromatic carbocycles. The molecule has 1 heterocycles. The van der Waals surface area contributed by atoms with Gasteiger partial charge in [-0.25, -0.2) is 4.98 Å². The van der Waals surface area contributed by atoms with Crippen LogP contribution in [-0.2, 0) is 6.42 Å². The SMILES string of the molecule is OCCCc1ccc(OCCCNc2c3ccccc3nc3ccccc23)c(I)c1. The fraction of sp³-hybridized carbons (Fsp3) is 0.240. The van der Waals surface area contributed by atoms with Crippen molar-refractivity contribution in [2.75, 3.05) is 25.1 Å². The number of benzene rings is 3. The fourth-order valence-electron chi connectivity index (χ4n) is 3.60. The highest BCUT2D eigenvalue weighted by Gasteiger charge is 2.08. The summed E-state index contributed by atoms with van der Waals surface area (Å²) in [5.41, 5.74) is 4.38. The normalized spacial score (nSPS) is 11.1. The standard InChI is InChI=1S/C25H25IN2O2/c26-21-17-18(7-5-15-29)12-13-24(21)30-16-6-14-27-25-19-8-1-3-10-22(19)28-23-11-4-2-9-20(23)25/h1-4,8-13,17,29H,5-7,14-16H2,(H,27,28). The lowest BCUT2D eigenvalue weighted by Crippen LogP contribution is -2.09. The maximum absolute atomic E-state index is 8.98. The van der Waals surface area contributed by atoms with Crippen molar-refractivity contribution in [3.05, 3.63) is 75.9 Å². The van der Waals surface area contributed by atoms with E-state index in [-0.39, 0.29) is 6.61 Å². The molecule has 5 heteroatoms. The lowest BCUT2D eigenvalue weighted by molar-refractivity contribution is 0.288. The number of nitrogens with zero attached hydrogens (tertiary/aromatic N) is 1. The molecular formula is C25H25IN2O2. The zero-order valence-corrected chi connectivity index (χ0v) is 18.9. The number of anilines is 1. The van der Waals surface area contributed by atoms with E-state index < -0.39 is 0 Å². The third kappa shape index (κ3) is 4.84. The second-order valence-electron chi connectivity index (χ2n) is 7.24. The quantitative estimate of drug-likeness (QED) is 0.169. The van der Waals surface area contributed by atoms with Gasteiger partial charge < -0.3 is 15.2 Å². The first-order valence-corrected chi connectivity index (χ1v) is 11.4. The number of aliphatic hydroxyl groups excluding tert-OH is 1. The number of halogens is 1. The summed E-state index contributed by atoms with van der Waals surface area (Å²) in [5, 5.41) is 14.9. The third-order valence-electron chi connectivity index (χ3n) is 5.09. The van der Waals surface area contributed by atoms with Crippen LogP contribution in [0.2, 0.25) is 0 Å². The number of pyridine rings is 1. The Morgan fingerprint density at radius 3 is 2.27 bits per heavy atom. The molecule has 0 aliphatic rings. The molecule has 0 amide bonds. The van der Waals surface area contributed by atoms with Gasteiger partial charge in [0.2, 0.25) is 0 Å². The van der Waals surface area contributed by atoms with Gasteiger partial charge in [-0.05, 0) is 71.7 Å². The molecule has 2 N–H and O–H groups in total. The van der Waals surface area contributed by atoms with E-state index in [0.29, 0.717) is 6.61 Å². The Labute approximate surface area is 190 Å². The zero-order valence-electron chi connectivity index (χ0n) is 16.8. The molecular weight excluding hydrogens is 487 g/mol. The van der Waals surface area contributed by atoms with Gasteiger partial charge in [0.1, 0.15) is 5.75 Å². The lowest BCUT2D eigenvalue weighted by Gasteiger charge is -2.14. The molecule has 0 atom stereocenters. The predicted molar refractivity (Wildman–Crippen MR) is 132 cm³/mol. The third-order valence-corrected chi connectivity index (χ3v) is 5.93. The van der Waals surface area contributed by atoms with E-state index >= 15 is 0 Å². The summed E-state index contributed by atoms with van der Waals surface area (Å²) in [7, 11) is 0. The molecule has 0 unspecified atom stereocenters. The molecule has 30 heavy (non-hydrogen) atoms. The van der Waals surface area contributed by atoms with Crippen molar-refractivity contribution in [1.82, 2.24) is 4.98 Å². The highest BCUT2D eigenvalue weighted by Crippen LogP contribution is 2.30. The molecule has 0 radical (unpaired) electrons. The van der Waals surface area contributed by atoms with Crippen LogP contribution < -0.4 is 10.1 Å². The monoisotopic (exact) mass is 512 g/mol. The number of para-hydroxylation sites is 2. The number of hydrogen-bond donors (Lipinski definition) is 2. The van der Waals surface area contributed by atoms with Crippen LogP contribution in [-0.4, -0.2) is 29.8 Å². The van der Waals surface area contributed by atoms with Gasteiger partial charge in [0.25, 0.3) is 0 Å². The lowest BCUT2D eigenvalue weighted by atomic mass is 10.1. The van der Waals surface area contributed by atoms with Crippen LogP contribution in [0.15, 0.2) is 66.7 Å². The van der Waals surface area contributed by atoms with Crippen LogP contribution in [0.25, 0.3) is 21.8 Å². The molecule has 0 bridgehead atoms. The van der Waals surface area contributed by atoms with Crippen molar-refractivity contribution in [3.8, 4) is 5.75 Å². The Hall–Kier alpha value is -2.38. The molecule has 1 aromatic heterocycles. The van der Waals surface area contributed by atoms with E-state index in [0.717, 1.165) is 62.6 Å². The molecule has 0 fully saturated rings. The minimum absolute atomic E-state index is 0.226. The van der Waals surface area contributed by atoms with Gasteiger partial charge in [-0.3, -0.25) is 0 Å². The largest absolute Gasteiger partial charge is 0.492 e. The van der Waals surface area contributed by atoms with Gasteiger partial charge in [0, 0.05) is 23.9 Å². The van der Waals surface area contributed by atoms with Crippen molar-refractivity contribution in [2.45, 2.75) is 19.3 Å². The van der Waals surface area contributed by atoms with E-state index in [4.69, 9.17) is 14.8 Å². The van der Waals surface area contributed by atoms with E-state index in [9.17, 15) is 0 Å². The molecule has 4 aromatic rings. The molecule has 0 spiro atoms. The second-order valence-corrected chi connectivity index (χ2v) is 8.40. The Balaban J connectivity index is 1.38. The van der Waals surface area contributed by atoms with E-state index in [1.807, 2.05) is 18.2 Å².